The molecule has 3 amide bonds. The van der Waals surface area contributed by atoms with Crippen molar-refractivity contribution in [2.24, 2.45) is 0 Å². The molecule has 0 bridgehead atoms. The number of benzene rings is 2. The number of carbonyl (C=O) groups is 2. The molecule has 0 fully saturated rings. The lowest BCUT2D eigenvalue weighted by Crippen LogP contribution is -2.31. The second-order valence-electron chi connectivity index (χ2n) is 5.74. The minimum atomic E-state index is -0.332. The first-order chi connectivity index (χ1) is 12.0. The predicted molar refractivity (Wildman–Crippen MR) is 99.2 cm³/mol. The van der Waals surface area contributed by atoms with E-state index in [9.17, 15) is 9.59 Å². The van der Waals surface area contributed by atoms with Gasteiger partial charge in [0, 0.05) is 19.2 Å². The number of methoxy groups -OCH3 is 1. The molecule has 6 heteroatoms. The molecule has 0 saturated carbocycles. The van der Waals surface area contributed by atoms with Crippen molar-refractivity contribution < 1.29 is 14.3 Å². The van der Waals surface area contributed by atoms with E-state index in [1.165, 1.54) is 14.0 Å². The topological polar surface area (TPSA) is 79.5 Å². The van der Waals surface area contributed by atoms with E-state index in [1.807, 2.05) is 37.3 Å². The second kappa shape index (κ2) is 8.73. The van der Waals surface area contributed by atoms with Gasteiger partial charge in [0.25, 0.3) is 0 Å². The van der Waals surface area contributed by atoms with Crippen LogP contribution in [0.15, 0.2) is 48.5 Å². The van der Waals surface area contributed by atoms with Crippen molar-refractivity contribution in [1.82, 2.24) is 5.32 Å². The molecule has 1 atom stereocenters. The van der Waals surface area contributed by atoms with Crippen LogP contribution in [0.3, 0.4) is 0 Å². The van der Waals surface area contributed by atoms with Crippen LogP contribution in [0.1, 0.15) is 25.3 Å². The summed E-state index contributed by atoms with van der Waals surface area (Å²) in [6.45, 7) is 3.98. The third kappa shape index (κ3) is 5.53. The molecule has 132 valence electrons. The summed E-state index contributed by atoms with van der Waals surface area (Å²) in [4.78, 5) is 23.4. The summed E-state index contributed by atoms with van der Waals surface area (Å²) >= 11 is 0. The number of amides is 3. The third-order valence-electron chi connectivity index (χ3n) is 3.71. The van der Waals surface area contributed by atoms with Gasteiger partial charge >= 0.3 is 6.03 Å². The minimum absolute atomic E-state index is 0.183. The number of hydrogen-bond acceptors (Lipinski definition) is 3. The largest absolute Gasteiger partial charge is 0.495 e. The smallest absolute Gasteiger partial charge is 0.319 e. The van der Waals surface area contributed by atoms with Gasteiger partial charge < -0.3 is 20.7 Å². The summed E-state index contributed by atoms with van der Waals surface area (Å²) in [5, 5.41) is 8.28. The first-order valence-corrected chi connectivity index (χ1v) is 8.05. The lowest BCUT2D eigenvalue weighted by atomic mass is 10.0. The van der Waals surface area contributed by atoms with E-state index in [1.54, 1.807) is 18.2 Å². The molecule has 0 aliphatic rings. The average Bonchev–Trinajstić information content (AvgIpc) is 2.60. The minimum Gasteiger partial charge on any atom is -0.495 e. The Morgan fingerprint density at radius 1 is 1.08 bits per heavy atom. The molecule has 0 saturated heterocycles. The van der Waals surface area contributed by atoms with E-state index >= 15 is 0 Å². The van der Waals surface area contributed by atoms with Gasteiger partial charge in [0.1, 0.15) is 5.75 Å². The van der Waals surface area contributed by atoms with E-state index in [2.05, 4.69) is 16.0 Å². The Morgan fingerprint density at radius 3 is 2.44 bits per heavy atom. The molecule has 0 radical (unpaired) electrons. The van der Waals surface area contributed by atoms with Gasteiger partial charge in [0.15, 0.2) is 0 Å². The highest BCUT2D eigenvalue weighted by Crippen LogP contribution is 2.27. The lowest BCUT2D eigenvalue weighted by Gasteiger charge is -2.15. The summed E-state index contributed by atoms with van der Waals surface area (Å²) in [6.07, 6.45) is 0. The molecule has 0 heterocycles. The van der Waals surface area contributed by atoms with Crippen LogP contribution in [0.2, 0.25) is 0 Å². The molecule has 0 spiro atoms. The summed E-state index contributed by atoms with van der Waals surface area (Å²) in [5.41, 5.74) is 2.23. The van der Waals surface area contributed by atoms with Crippen molar-refractivity contribution in [3.63, 3.8) is 0 Å². The van der Waals surface area contributed by atoms with Gasteiger partial charge in [0.05, 0.1) is 12.8 Å². The molecule has 25 heavy (non-hydrogen) atoms. The van der Waals surface area contributed by atoms with Crippen LogP contribution in [0.5, 0.6) is 5.75 Å². The Morgan fingerprint density at radius 2 is 1.80 bits per heavy atom. The highest BCUT2D eigenvalue weighted by atomic mass is 16.5. The van der Waals surface area contributed by atoms with Crippen molar-refractivity contribution in [2.45, 2.75) is 19.8 Å². The molecule has 0 aliphatic heterocycles. The number of urea groups is 1. The number of rotatable bonds is 6. The monoisotopic (exact) mass is 341 g/mol. The van der Waals surface area contributed by atoms with Crippen LogP contribution in [-0.4, -0.2) is 25.6 Å². The van der Waals surface area contributed by atoms with Crippen molar-refractivity contribution in [1.29, 1.82) is 0 Å². The van der Waals surface area contributed by atoms with E-state index in [0.717, 1.165) is 5.56 Å². The highest BCUT2D eigenvalue weighted by Gasteiger charge is 2.11. The summed E-state index contributed by atoms with van der Waals surface area (Å²) in [5.74, 6) is 0.525. The molecule has 2 rings (SSSR count). The molecule has 6 nitrogen and oxygen atoms in total. The Hall–Kier alpha value is -3.02. The zero-order chi connectivity index (χ0) is 18.2. The van der Waals surface area contributed by atoms with Crippen LogP contribution in [0, 0.1) is 0 Å². The maximum atomic E-state index is 12.2. The molecule has 1 unspecified atom stereocenters. The van der Waals surface area contributed by atoms with E-state index < -0.39 is 0 Å². The molecule has 2 aromatic carbocycles. The maximum Gasteiger partial charge on any atom is 0.319 e. The normalized spacial score (nSPS) is 11.3. The quantitative estimate of drug-likeness (QED) is 0.751. The standard InChI is InChI=1S/C19H23N3O3/c1-13(15-7-5-4-6-8-15)12-20-19(24)22-17-11-16(21-14(2)23)9-10-18(17)25-3/h4-11,13H,12H2,1-3H3,(H,21,23)(H2,20,22,24). The van der Waals surface area contributed by atoms with Crippen molar-refractivity contribution >= 4 is 23.3 Å². The molecule has 2 aromatic rings. The fourth-order valence-electron chi connectivity index (χ4n) is 2.40. The maximum absolute atomic E-state index is 12.2. The van der Waals surface area contributed by atoms with Crippen LogP contribution < -0.4 is 20.7 Å². The summed E-state index contributed by atoms with van der Waals surface area (Å²) < 4.78 is 5.25. The highest BCUT2D eigenvalue weighted by molar-refractivity contribution is 5.94. The zero-order valence-electron chi connectivity index (χ0n) is 14.6. The number of hydrogen-bond donors (Lipinski definition) is 3. The zero-order valence-corrected chi connectivity index (χ0v) is 14.6. The number of carbonyl (C=O) groups excluding carboxylic acids is 2. The Bertz CT molecular complexity index is 732. The fourth-order valence-corrected chi connectivity index (χ4v) is 2.40. The van der Waals surface area contributed by atoms with Crippen LogP contribution in [0.25, 0.3) is 0 Å². The fraction of sp³-hybridized carbons (Fsp3) is 0.263. The first kappa shape index (κ1) is 18.3. The number of nitrogens with one attached hydrogen (secondary N) is 3. The molecular formula is C19H23N3O3. The average molecular weight is 341 g/mol. The van der Waals surface area contributed by atoms with Crippen LogP contribution in [-0.2, 0) is 4.79 Å². The molecule has 3 N–H and O–H groups in total. The Labute approximate surface area is 147 Å². The van der Waals surface area contributed by atoms with Gasteiger partial charge in [-0.15, -0.1) is 0 Å². The predicted octanol–water partition coefficient (Wildman–Crippen LogP) is 3.58. The van der Waals surface area contributed by atoms with Crippen molar-refractivity contribution in [2.75, 3.05) is 24.3 Å². The Balaban J connectivity index is 1.98. The molecule has 0 aromatic heterocycles. The lowest BCUT2D eigenvalue weighted by molar-refractivity contribution is -0.114. The summed E-state index contributed by atoms with van der Waals surface area (Å²) in [7, 11) is 1.52. The van der Waals surface area contributed by atoms with Gasteiger partial charge in [-0.3, -0.25) is 4.79 Å². The van der Waals surface area contributed by atoms with Crippen molar-refractivity contribution in [3.05, 3.63) is 54.1 Å². The van der Waals surface area contributed by atoms with Gasteiger partial charge in [-0.25, -0.2) is 4.79 Å². The van der Waals surface area contributed by atoms with Crippen molar-refractivity contribution in [3.8, 4) is 5.75 Å². The van der Waals surface area contributed by atoms with Crippen LogP contribution >= 0.6 is 0 Å². The SMILES string of the molecule is COc1ccc(NC(C)=O)cc1NC(=O)NCC(C)c1ccccc1. The molecule has 0 aliphatic carbocycles. The first-order valence-electron chi connectivity index (χ1n) is 8.05. The van der Waals surface area contributed by atoms with Gasteiger partial charge in [-0.2, -0.15) is 0 Å². The van der Waals surface area contributed by atoms with Crippen LogP contribution in [0.4, 0.5) is 16.2 Å². The van der Waals surface area contributed by atoms with E-state index in [0.29, 0.717) is 23.7 Å². The van der Waals surface area contributed by atoms with Gasteiger partial charge in [-0.05, 0) is 29.7 Å². The third-order valence-corrected chi connectivity index (χ3v) is 3.71. The molecular weight excluding hydrogens is 318 g/mol. The second-order valence-corrected chi connectivity index (χ2v) is 5.74. The Kier molecular flexibility index (Phi) is 6.39. The van der Waals surface area contributed by atoms with Gasteiger partial charge in [-0.1, -0.05) is 37.3 Å². The van der Waals surface area contributed by atoms with E-state index in [-0.39, 0.29) is 17.9 Å². The number of ether oxygens (including phenoxy) is 1. The van der Waals surface area contributed by atoms with Gasteiger partial charge in [0.2, 0.25) is 5.91 Å². The number of anilines is 2. The van der Waals surface area contributed by atoms with E-state index in [4.69, 9.17) is 4.74 Å². The summed E-state index contributed by atoms with van der Waals surface area (Å²) in [6, 6.07) is 14.7.